The van der Waals surface area contributed by atoms with Gasteiger partial charge in [0.1, 0.15) is 0 Å². The molecule has 1 heterocycles. The molecule has 0 radical (unpaired) electrons. The summed E-state index contributed by atoms with van der Waals surface area (Å²) in [6.45, 7) is 10.3. The van der Waals surface area contributed by atoms with Gasteiger partial charge in [-0.15, -0.1) is 0 Å². The van der Waals surface area contributed by atoms with Gasteiger partial charge in [0, 0.05) is 19.3 Å². The monoisotopic (exact) mass is 246 g/mol. The van der Waals surface area contributed by atoms with Gasteiger partial charge < -0.3 is 10.2 Å². The zero-order valence-electron chi connectivity index (χ0n) is 12.2. The van der Waals surface area contributed by atoms with Crippen molar-refractivity contribution < 1.29 is 0 Å². The van der Waals surface area contributed by atoms with E-state index in [0.29, 0.717) is 5.92 Å². The number of rotatable bonds is 4. The number of benzene rings is 1. The van der Waals surface area contributed by atoms with Crippen molar-refractivity contribution in [2.24, 2.45) is 5.92 Å². The molecule has 18 heavy (non-hydrogen) atoms. The fourth-order valence-corrected chi connectivity index (χ4v) is 3.02. The summed E-state index contributed by atoms with van der Waals surface area (Å²) in [6, 6.07) is 6.68. The van der Waals surface area contributed by atoms with Gasteiger partial charge >= 0.3 is 0 Å². The van der Waals surface area contributed by atoms with E-state index in [0.717, 1.165) is 12.5 Å². The van der Waals surface area contributed by atoms with Crippen LogP contribution in [0, 0.1) is 12.8 Å². The number of aryl methyl sites for hydroxylation is 1. The van der Waals surface area contributed by atoms with E-state index in [4.69, 9.17) is 0 Å². The molecule has 0 amide bonds. The number of anilines is 1. The Morgan fingerprint density at radius 3 is 2.78 bits per heavy atom. The first kappa shape index (κ1) is 13.4. The first-order chi connectivity index (χ1) is 8.59. The van der Waals surface area contributed by atoms with E-state index < -0.39 is 0 Å². The van der Waals surface area contributed by atoms with Crippen molar-refractivity contribution in [3.63, 3.8) is 0 Å². The zero-order valence-corrected chi connectivity index (χ0v) is 12.2. The average molecular weight is 246 g/mol. The lowest BCUT2D eigenvalue weighted by molar-refractivity contribution is 0.576. The van der Waals surface area contributed by atoms with E-state index in [2.05, 4.69) is 56.2 Å². The van der Waals surface area contributed by atoms with E-state index in [-0.39, 0.29) is 0 Å². The smallest absolute Gasteiger partial charge is 0.0428 e. The van der Waals surface area contributed by atoms with Crippen molar-refractivity contribution >= 4 is 5.69 Å². The van der Waals surface area contributed by atoms with Crippen LogP contribution in [0.4, 0.5) is 5.69 Å². The van der Waals surface area contributed by atoms with Gasteiger partial charge in [0.25, 0.3) is 0 Å². The highest BCUT2D eigenvalue weighted by Crippen LogP contribution is 2.30. The Balaban J connectivity index is 2.19. The maximum atomic E-state index is 3.45. The largest absolute Gasteiger partial charge is 0.374 e. The molecule has 1 aliphatic rings. The maximum absolute atomic E-state index is 3.45. The van der Waals surface area contributed by atoms with E-state index in [9.17, 15) is 0 Å². The molecule has 1 saturated heterocycles. The third-order valence-electron chi connectivity index (χ3n) is 3.97. The lowest BCUT2D eigenvalue weighted by Crippen LogP contribution is -2.28. The molecule has 1 N–H and O–H groups in total. The number of para-hydroxylation sites is 1. The predicted octanol–water partition coefficient (Wildman–Crippen LogP) is 3.16. The van der Waals surface area contributed by atoms with Gasteiger partial charge in [-0.2, -0.15) is 0 Å². The second-order valence-corrected chi connectivity index (χ2v) is 5.91. The van der Waals surface area contributed by atoms with Gasteiger partial charge in [0.05, 0.1) is 0 Å². The van der Waals surface area contributed by atoms with Crippen molar-refractivity contribution in [3.05, 3.63) is 29.3 Å². The number of nitrogens with zero attached hydrogens (tertiary/aromatic N) is 1. The van der Waals surface area contributed by atoms with Crippen LogP contribution in [0.2, 0.25) is 0 Å². The van der Waals surface area contributed by atoms with Crippen molar-refractivity contribution in [1.82, 2.24) is 5.32 Å². The second kappa shape index (κ2) is 5.75. The third kappa shape index (κ3) is 2.86. The SMILES string of the molecule is Cc1cccc(C(C)C)c1N(C)CC1CCNC1. The standard InChI is InChI=1S/C16H26N2/c1-12(2)15-7-5-6-13(3)16(15)18(4)11-14-8-9-17-10-14/h5-7,12,14,17H,8-11H2,1-4H3. The lowest BCUT2D eigenvalue weighted by atomic mass is 9.96. The van der Waals surface area contributed by atoms with Gasteiger partial charge in [-0.1, -0.05) is 32.0 Å². The average Bonchev–Trinajstić information content (AvgIpc) is 2.81. The van der Waals surface area contributed by atoms with Crippen LogP contribution in [0.5, 0.6) is 0 Å². The van der Waals surface area contributed by atoms with Crippen LogP contribution in [0.1, 0.15) is 37.3 Å². The Labute approximate surface area is 111 Å². The molecule has 0 bridgehead atoms. The van der Waals surface area contributed by atoms with Crippen LogP contribution in [-0.4, -0.2) is 26.7 Å². The zero-order chi connectivity index (χ0) is 13.1. The Kier molecular flexibility index (Phi) is 4.28. The second-order valence-electron chi connectivity index (χ2n) is 5.91. The van der Waals surface area contributed by atoms with Crippen molar-refractivity contribution in [2.75, 3.05) is 31.6 Å². The molecule has 1 aliphatic heterocycles. The van der Waals surface area contributed by atoms with Crippen LogP contribution in [-0.2, 0) is 0 Å². The van der Waals surface area contributed by atoms with Crippen molar-refractivity contribution in [2.45, 2.75) is 33.1 Å². The van der Waals surface area contributed by atoms with E-state index in [1.54, 1.807) is 0 Å². The number of nitrogens with one attached hydrogen (secondary N) is 1. The Bertz CT molecular complexity index is 392. The lowest BCUT2D eigenvalue weighted by Gasteiger charge is -2.28. The molecule has 1 atom stereocenters. The quantitative estimate of drug-likeness (QED) is 0.878. The van der Waals surface area contributed by atoms with E-state index in [1.165, 1.54) is 36.3 Å². The molecule has 0 aromatic heterocycles. The van der Waals surface area contributed by atoms with Crippen molar-refractivity contribution in [3.8, 4) is 0 Å². The Morgan fingerprint density at radius 2 is 2.17 bits per heavy atom. The summed E-state index contributed by atoms with van der Waals surface area (Å²) < 4.78 is 0. The molecular formula is C16H26N2. The molecule has 100 valence electrons. The summed E-state index contributed by atoms with van der Waals surface area (Å²) >= 11 is 0. The summed E-state index contributed by atoms with van der Waals surface area (Å²) in [4.78, 5) is 2.46. The minimum atomic E-state index is 0.587. The summed E-state index contributed by atoms with van der Waals surface area (Å²) in [5.41, 5.74) is 4.32. The van der Waals surface area contributed by atoms with Gasteiger partial charge in [-0.25, -0.2) is 0 Å². The van der Waals surface area contributed by atoms with Gasteiger partial charge in [-0.3, -0.25) is 0 Å². The predicted molar refractivity (Wildman–Crippen MR) is 79.5 cm³/mol. The van der Waals surface area contributed by atoms with Crippen LogP contribution in [0.3, 0.4) is 0 Å². The maximum Gasteiger partial charge on any atom is 0.0428 e. The van der Waals surface area contributed by atoms with Crippen LogP contribution < -0.4 is 10.2 Å². The number of hydrogen-bond acceptors (Lipinski definition) is 2. The molecule has 1 unspecified atom stereocenters. The number of hydrogen-bond donors (Lipinski definition) is 1. The summed E-state index contributed by atoms with van der Waals surface area (Å²) in [5.74, 6) is 1.39. The molecule has 0 spiro atoms. The summed E-state index contributed by atoms with van der Waals surface area (Å²) in [6.07, 6.45) is 1.31. The molecule has 1 fully saturated rings. The summed E-state index contributed by atoms with van der Waals surface area (Å²) in [7, 11) is 2.24. The van der Waals surface area contributed by atoms with Crippen LogP contribution in [0.25, 0.3) is 0 Å². The highest BCUT2D eigenvalue weighted by Gasteiger charge is 2.19. The first-order valence-corrected chi connectivity index (χ1v) is 7.11. The summed E-state index contributed by atoms with van der Waals surface area (Å²) in [5, 5.41) is 3.45. The molecular weight excluding hydrogens is 220 g/mol. The van der Waals surface area contributed by atoms with E-state index in [1.807, 2.05) is 0 Å². The molecule has 0 aliphatic carbocycles. The minimum Gasteiger partial charge on any atom is -0.374 e. The van der Waals surface area contributed by atoms with Crippen LogP contribution >= 0.6 is 0 Å². The minimum absolute atomic E-state index is 0.587. The normalized spacial score (nSPS) is 19.5. The highest BCUT2D eigenvalue weighted by molar-refractivity contribution is 5.60. The van der Waals surface area contributed by atoms with E-state index >= 15 is 0 Å². The fraction of sp³-hybridized carbons (Fsp3) is 0.625. The van der Waals surface area contributed by atoms with Gasteiger partial charge in [0.15, 0.2) is 0 Å². The molecule has 0 saturated carbocycles. The molecule has 1 aromatic carbocycles. The Morgan fingerprint density at radius 1 is 1.39 bits per heavy atom. The topological polar surface area (TPSA) is 15.3 Å². The molecule has 1 aromatic rings. The highest BCUT2D eigenvalue weighted by atomic mass is 15.1. The first-order valence-electron chi connectivity index (χ1n) is 7.11. The van der Waals surface area contributed by atoms with Crippen molar-refractivity contribution in [1.29, 1.82) is 0 Å². The molecule has 2 rings (SSSR count). The van der Waals surface area contributed by atoms with Gasteiger partial charge in [-0.05, 0) is 49.4 Å². The molecule has 2 heteroatoms. The van der Waals surface area contributed by atoms with Crippen LogP contribution in [0.15, 0.2) is 18.2 Å². The Hall–Kier alpha value is -1.02. The van der Waals surface area contributed by atoms with Gasteiger partial charge in [0.2, 0.25) is 0 Å². The third-order valence-corrected chi connectivity index (χ3v) is 3.97. The molecule has 2 nitrogen and oxygen atoms in total. The fourth-order valence-electron chi connectivity index (χ4n) is 3.02.